The molecule has 0 amide bonds. The number of hydrogen-bond acceptors (Lipinski definition) is 3. The third-order valence-corrected chi connectivity index (χ3v) is 2.33. The van der Waals surface area contributed by atoms with Crippen LogP contribution in [0.2, 0.25) is 0 Å². The van der Waals surface area contributed by atoms with Gasteiger partial charge < -0.3 is 16.2 Å². The topological polar surface area (TPSA) is 58.3 Å². The monoisotopic (exact) mass is 230 g/mol. The van der Waals surface area contributed by atoms with E-state index < -0.39 is 11.6 Å². The maximum Gasteiger partial charge on any atom is 0.160 e. The van der Waals surface area contributed by atoms with Crippen LogP contribution in [-0.2, 0) is 0 Å². The Labute approximate surface area is 93.3 Å². The van der Waals surface area contributed by atoms with Crippen molar-refractivity contribution in [2.24, 2.45) is 0 Å². The fraction of sp³-hybridized carbons (Fsp3) is 0.455. The zero-order valence-electron chi connectivity index (χ0n) is 8.92. The van der Waals surface area contributed by atoms with E-state index in [1.165, 1.54) is 12.5 Å². The maximum atomic E-state index is 12.1. The van der Waals surface area contributed by atoms with Crippen molar-refractivity contribution >= 4 is 5.69 Å². The number of nitrogens with one attached hydrogen (secondary N) is 1. The fourth-order valence-corrected chi connectivity index (χ4v) is 1.42. The van der Waals surface area contributed by atoms with Crippen molar-refractivity contribution in [3.05, 3.63) is 29.8 Å². The molecule has 1 aromatic carbocycles. The molecular formula is C11H16F2N2O. The lowest BCUT2D eigenvalue weighted by atomic mass is 10.2. The van der Waals surface area contributed by atoms with Gasteiger partial charge in [-0.2, -0.15) is 0 Å². The first-order valence-electron chi connectivity index (χ1n) is 5.18. The van der Waals surface area contributed by atoms with E-state index in [0.717, 1.165) is 25.1 Å². The van der Waals surface area contributed by atoms with E-state index in [1.54, 1.807) is 0 Å². The summed E-state index contributed by atoms with van der Waals surface area (Å²) in [5.74, 6) is -1.78. The summed E-state index contributed by atoms with van der Waals surface area (Å²) in [6, 6.07) is 3.64. The standard InChI is InChI=1S/C6H5F2N.C5H11NO/c7-5-2-1-4(9)3-6(5)8;7-4-5-2-1-3-6-5/h1-3H,9H2;5-7H,1-4H2/t;5-/m.1/s1. The molecule has 5 heteroatoms. The predicted molar refractivity (Wildman–Crippen MR) is 58.9 cm³/mol. The third kappa shape index (κ3) is 4.12. The number of aliphatic hydroxyl groups excluding tert-OH is 1. The molecule has 90 valence electrons. The van der Waals surface area contributed by atoms with Gasteiger partial charge in [0.05, 0.1) is 6.61 Å². The SMILES string of the molecule is Nc1ccc(F)c(F)c1.OC[C@H]1CCCN1. The van der Waals surface area contributed by atoms with Gasteiger partial charge in [0.25, 0.3) is 0 Å². The van der Waals surface area contributed by atoms with E-state index in [0.29, 0.717) is 12.6 Å². The highest BCUT2D eigenvalue weighted by Gasteiger charge is 2.10. The van der Waals surface area contributed by atoms with Gasteiger partial charge in [0, 0.05) is 11.7 Å². The Hall–Kier alpha value is -1.20. The van der Waals surface area contributed by atoms with Gasteiger partial charge in [-0.25, -0.2) is 8.78 Å². The Morgan fingerprint density at radius 2 is 2.12 bits per heavy atom. The zero-order valence-corrected chi connectivity index (χ0v) is 8.92. The van der Waals surface area contributed by atoms with Crippen molar-refractivity contribution in [2.45, 2.75) is 18.9 Å². The summed E-state index contributed by atoms with van der Waals surface area (Å²) in [6.07, 6.45) is 2.38. The molecule has 0 spiro atoms. The number of rotatable bonds is 1. The van der Waals surface area contributed by atoms with Crippen LogP contribution in [0.15, 0.2) is 18.2 Å². The second-order valence-corrected chi connectivity index (χ2v) is 3.65. The second kappa shape index (κ2) is 6.40. The molecule has 0 unspecified atom stereocenters. The van der Waals surface area contributed by atoms with E-state index >= 15 is 0 Å². The Morgan fingerprint density at radius 1 is 1.38 bits per heavy atom. The maximum absolute atomic E-state index is 12.1. The van der Waals surface area contributed by atoms with E-state index in [9.17, 15) is 8.78 Å². The molecule has 1 aromatic rings. The highest BCUT2D eigenvalue weighted by molar-refractivity contribution is 5.37. The zero-order chi connectivity index (χ0) is 12.0. The molecule has 0 aliphatic carbocycles. The summed E-state index contributed by atoms with van der Waals surface area (Å²) >= 11 is 0. The Bertz CT molecular complexity index is 328. The highest BCUT2D eigenvalue weighted by Crippen LogP contribution is 2.08. The minimum absolute atomic E-state index is 0.230. The van der Waals surface area contributed by atoms with Crippen LogP contribution in [0, 0.1) is 11.6 Å². The van der Waals surface area contributed by atoms with Gasteiger partial charge in [0.15, 0.2) is 11.6 Å². The quantitative estimate of drug-likeness (QED) is 0.637. The molecule has 1 heterocycles. The summed E-state index contributed by atoms with van der Waals surface area (Å²) in [4.78, 5) is 0. The van der Waals surface area contributed by atoms with Crippen molar-refractivity contribution in [3.8, 4) is 0 Å². The fourth-order valence-electron chi connectivity index (χ4n) is 1.42. The average Bonchev–Trinajstić information content (AvgIpc) is 2.77. The summed E-state index contributed by atoms with van der Waals surface area (Å²) in [5, 5.41) is 11.7. The lowest BCUT2D eigenvalue weighted by molar-refractivity contribution is 0.255. The average molecular weight is 230 g/mol. The molecule has 2 rings (SSSR count). The molecular weight excluding hydrogens is 214 g/mol. The Morgan fingerprint density at radius 3 is 2.50 bits per heavy atom. The molecule has 3 nitrogen and oxygen atoms in total. The third-order valence-electron chi connectivity index (χ3n) is 2.33. The van der Waals surface area contributed by atoms with Gasteiger partial charge in [0.2, 0.25) is 0 Å². The number of aliphatic hydroxyl groups is 1. The van der Waals surface area contributed by atoms with Gasteiger partial charge in [0.1, 0.15) is 0 Å². The van der Waals surface area contributed by atoms with Crippen LogP contribution in [0.4, 0.5) is 14.5 Å². The van der Waals surface area contributed by atoms with Crippen LogP contribution in [0.25, 0.3) is 0 Å². The number of nitrogen functional groups attached to an aromatic ring is 1. The van der Waals surface area contributed by atoms with Crippen molar-refractivity contribution in [1.29, 1.82) is 0 Å². The molecule has 16 heavy (non-hydrogen) atoms. The molecule has 0 radical (unpaired) electrons. The minimum Gasteiger partial charge on any atom is -0.399 e. The van der Waals surface area contributed by atoms with Crippen LogP contribution < -0.4 is 11.1 Å². The van der Waals surface area contributed by atoms with Crippen LogP contribution in [0.3, 0.4) is 0 Å². The van der Waals surface area contributed by atoms with Gasteiger partial charge in [-0.3, -0.25) is 0 Å². The number of nitrogens with two attached hydrogens (primary N) is 1. The van der Waals surface area contributed by atoms with E-state index in [4.69, 9.17) is 10.8 Å². The van der Waals surface area contributed by atoms with Crippen LogP contribution in [0.5, 0.6) is 0 Å². The lowest BCUT2D eigenvalue weighted by Crippen LogP contribution is -2.24. The van der Waals surface area contributed by atoms with Crippen molar-refractivity contribution < 1.29 is 13.9 Å². The summed E-state index contributed by atoms with van der Waals surface area (Å²) < 4.78 is 24.2. The molecule has 1 fully saturated rings. The van der Waals surface area contributed by atoms with Crippen molar-refractivity contribution in [2.75, 3.05) is 18.9 Å². The Balaban J connectivity index is 0.000000165. The first kappa shape index (κ1) is 12.9. The molecule has 0 bridgehead atoms. The van der Waals surface area contributed by atoms with Gasteiger partial charge >= 0.3 is 0 Å². The van der Waals surface area contributed by atoms with Crippen LogP contribution in [-0.4, -0.2) is 24.3 Å². The number of anilines is 1. The van der Waals surface area contributed by atoms with Gasteiger partial charge in [-0.1, -0.05) is 0 Å². The van der Waals surface area contributed by atoms with E-state index in [2.05, 4.69) is 5.32 Å². The summed E-state index contributed by atoms with van der Waals surface area (Å²) in [6.45, 7) is 1.39. The summed E-state index contributed by atoms with van der Waals surface area (Å²) in [5.41, 5.74) is 5.35. The lowest BCUT2D eigenvalue weighted by Gasteiger charge is -2.01. The highest BCUT2D eigenvalue weighted by atomic mass is 19.2. The van der Waals surface area contributed by atoms with Gasteiger partial charge in [-0.05, 0) is 37.6 Å². The molecule has 4 N–H and O–H groups in total. The molecule has 1 aliphatic rings. The smallest absolute Gasteiger partial charge is 0.160 e. The largest absolute Gasteiger partial charge is 0.399 e. The number of benzene rings is 1. The minimum atomic E-state index is -0.907. The Kier molecular flexibility index (Phi) is 5.14. The normalized spacial score (nSPS) is 19.1. The molecule has 0 saturated carbocycles. The number of halogens is 2. The predicted octanol–water partition coefficient (Wildman–Crippen LogP) is 1.28. The first-order chi connectivity index (χ1) is 7.63. The molecule has 1 saturated heterocycles. The second-order valence-electron chi connectivity index (χ2n) is 3.65. The summed E-state index contributed by atoms with van der Waals surface area (Å²) in [7, 11) is 0. The van der Waals surface area contributed by atoms with Gasteiger partial charge in [-0.15, -0.1) is 0 Å². The van der Waals surface area contributed by atoms with Crippen LogP contribution in [0.1, 0.15) is 12.8 Å². The van der Waals surface area contributed by atoms with E-state index in [-0.39, 0.29) is 5.69 Å². The van der Waals surface area contributed by atoms with E-state index in [1.807, 2.05) is 0 Å². The van der Waals surface area contributed by atoms with Crippen molar-refractivity contribution in [3.63, 3.8) is 0 Å². The molecule has 1 aliphatic heterocycles. The first-order valence-corrected chi connectivity index (χ1v) is 5.18. The number of hydrogen-bond donors (Lipinski definition) is 3. The molecule has 1 atom stereocenters. The van der Waals surface area contributed by atoms with Crippen LogP contribution >= 0.6 is 0 Å². The van der Waals surface area contributed by atoms with Crippen molar-refractivity contribution in [1.82, 2.24) is 5.32 Å². The molecule has 0 aromatic heterocycles.